The zero-order chi connectivity index (χ0) is 11.2. The molecule has 0 fully saturated rings. The van der Waals surface area contributed by atoms with E-state index in [0.717, 1.165) is 0 Å². The average Bonchev–Trinajstić information content (AvgIpc) is 2.03. The first kappa shape index (κ1) is 13.1. The van der Waals surface area contributed by atoms with E-state index < -0.39 is 21.2 Å². The van der Waals surface area contributed by atoms with Gasteiger partial charge in [0, 0.05) is 6.54 Å². The molecule has 14 heavy (non-hydrogen) atoms. The van der Waals surface area contributed by atoms with Crippen molar-refractivity contribution in [3.05, 3.63) is 12.7 Å². The van der Waals surface area contributed by atoms with Gasteiger partial charge in [-0.3, -0.25) is 9.52 Å². The van der Waals surface area contributed by atoms with Crippen LogP contribution in [0.15, 0.2) is 12.7 Å². The summed E-state index contributed by atoms with van der Waals surface area (Å²) in [5, 5.41) is 2.10. The number of nitrogens with one attached hydrogen (secondary N) is 2. The number of carbonyl (C=O) groups excluding carboxylic acids is 1. The van der Waals surface area contributed by atoms with E-state index in [1.165, 1.54) is 13.8 Å². The van der Waals surface area contributed by atoms with Crippen molar-refractivity contribution in [2.45, 2.75) is 19.1 Å². The third-order valence-corrected chi connectivity index (χ3v) is 3.20. The lowest BCUT2D eigenvalue weighted by Crippen LogP contribution is -2.40. The minimum atomic E-state index is -3.50. The maximum absolute atomic E-state index is 11.2. The van der Waals surface area contributed by atoms with Crippen LogP contribution >= 0.6 is 0 Å². The summed E-state index contributed by atoms with van der Waals surface area (Å²) in [7, 11) is -3.50. The Balaban J connectivity index is 4.01. The smallest absolute Gasteiger partial charge is 0.247 e. The van der Waals surface area contributed by atoms with Crippen LogP contribution in [0.5, 0.6) is 0 Å². The van der Waals surface area contributed by atoms with Gasteiger partial charge in [-0.1, -0.05) is 6.08 Å². The molecule has 0 heterocycles. The Morgan fingerprint density at radius 2 is 2.07 bits per heavy atom. The average molecular weight is 220 g/mol. The molecular weight excluding hydrogens is 204 g/mol. The van der Waals surface area contributed by atoms with E-state index in [9.17, 15) is 13.2 Å². The van der Waals surface area contributed by atoms with Gasteiger partial charge >= 0.3 is 0 Å². The molecule has 0 aliphatic rings. The molecule has 0 rings (SSSR count). The molecule has 0 aromatic rings. The summed E-state index contributed by atoms with van der Waals surface area (Å²) < 4.78 is 24.3. The van der Waals surface area contributed by atoms with Crippen molar-refractivity contribution in [2.75, 3.05) is 13.1 Å². The van der Waals surface area contributed by atoms with Crippen LogP contribution in [0.4, 0.5) is 0 Å². The van der Waals surface area contributed by atoms with E-state index >= 15 is 0 Å². The molecule has 5 nitrogen and oxygen atoms in total. The molecule has 0 aliphatic heterocycles. The van der Waals surface area contributed by atoms with Crippen LogP contribution in [-0.2, 0) is 14.8 Å². The van der Waals surface area contributed by atoms with E-state index in [2.05, 4.69) is 11.9 Å². The van der Waals surface area contributed by atoms with Crippen molar-refractivity contribution in [3.8, 4) is 0 Å². The summed E-state index contributed by atoms with van der Waals surface area (Å²) in [6.07, 6.45) is 1.59. The van der Waals surface area contributed by atoms with Crippen LogP contribution in [0.25, 0.3) is 0 Å². The summed E-state index contributed by atoms with van der Waals surface area (Å²) in [5.74, 6) is -0.555. The highest BCUT2D eigenvalue weighted by molar-refractivity contribution is 7.90. The minimum Gasteiger partial charge on any atom is -0.305 e. The first-order chi connectivity index (χ1) is 6.40. The van der Waals surface area contributed by atoms with Gasteiger partial charge in [0.25, 0.3) is 0 Å². The highest BCUT2D eigenvalue weighted by Crippen LogP contribution is 1.94. The molecule has 2 N–H and O–H groups in total. The Morgan fingerprint density at radius 1 is 1.50 bits per heavy atom. The van der Waals surface area contributed by atoms with Crippen LogP contribution in [0.1, 0.15) is 13.8 Å². The Labute approximate surface area is 84.6 Å². The van der Waals surface area contributed by atoms with E-state index in [-0.39, 0.29) is 6.54 Å². The fraction of sp³-hybridized carbons (Fsp3) is 0.625. The Kier molecular flexibility index (Phi) is 5.40. The molecule has 1 amide bonds. The normalized spacial score (nSPS) is 11.4. The van der Waals surface area contributed by atoms with Gasteiger partial charge in [0.15, 0.2) is 0 Å². The number of hydrogen-bond donors (Lipinski definition) is 2. The van der Waals surface area contributed by atoms with Crippen molar-refractivity contribution >= 4 is 15.9 Å². The first-order valence-corrected chi connectivity index (χ1v) is 5.81. The van der Waals surface area contributed by atoms with E-state index in [1.807, 2.05) is 4.72 Å². The molecule has 0 aromatic heterocycles. The second kappa shape index (κ2) is 5.77. The van der Waals surface area contributed by atoms with E-state index in [0.29, 0.717) is 6.54 Å². The van der Waals surface area contributed by atoms with Gasteiger partial charge in [0.05, 0.1) is 11.8 Å². The van der Waals surface area contributed by atoms with Crippen molar-refractivity contribution in [1.82, 2.24) is 10.0 Å². The number of hydrogen-bond acceptors (Lipinski definition) is 4. The Bertz CT molecular complexity index is 296. The topological polar surface area (TPSA) is 75.3 Å². The minimum absolute atomic E-state index is 0.0298. The molecule has 0 aliphatic carbocycles. The lowest BCUT2D eigenvalue weighted by atomic mass is 10.5. The van der Waals surface area contributed by atoms with Crippen LogP contribution in [0, 0.1) is 0 Å². The third-order valence-electron chi connectivity index (χ3n) is 1.45. The number of sulfonamides is 1. The van der Waals surface area contributed by atoms with Gasteiger partial charge < -0.3 is 5.32 Å². The monoisotopic (exact) mass is 220 g/mol. The van der Waals surface area contributed by atoms with Crippen molar-refractivity contribution < 1.29 is 13.2 Å². The lowest BCUT2D eigenvalue weighted by Gasteiger charge is -2.09. The van der Waals surface area contributed by atoms with Crippen LogP contribution in [-0.4, -0.2) is 32.7 Å². The lowest BCUT2D eigenvalue weighted by molar-refractivity contribution is -0.118. The molecular formula is C8H16N2O3S. The van der Waals surface area contributed by atoms with Gasteiger partial charge in [-0.15, -0.1) is 6.58 Å². The summed E-state index contributed by atoms with van der Waals surface area (Å²) in [6, 6.07) is 0. The summed E-state index contributed by atoms with van der Waals surface area (Å²) in [4.78, 5) is 11.1. The zero-order valence-corrected chi connectivity index (χ0v) is 9.23. The molecule has 0 bridgehead atoms. The third kappa shape index (κ3) is 4.98. The molecule has 0 saturated heterocycles. The van der Waals surface area contributed by atoms with E-state index in [4.69, 9.17) is 0 Å². The van der Waals surface area contributed by atoms with Crippen molar-refractivity contribution in [1.29, 1.82) is 0 Å². The Morgan fingerprint density at radius 3 is 2.50 bits per heavy atom. The maximum Gasteiger partial charge on any atom is 0.247 e. The highest BCUT2D eigenvalue weighted by Gasteiger charge is 2.17. The van der Waals surface area contributed by atoms with Crippen molar-refractivity contribution in [3.63, 3.8) is 0 Å². The van der Waals surface area contributed by atoms with Gasteiger partial charge in [0.1, 0.15) is 0 Å². The summed E-state index contributed by atoms with van der Waals surface area (Å²) in [6.45, 7) is 6.90. The molecule has 0 aromatic carbocycles. The fourth-order valence-electron chi connectivity index (χ4n) is 0.600. The molecule has 82 valence electrons. The van der Waals surface area contributed by atoms with Crippen LogP contribution < -0.4 is 10.0 Å². The number of rotatable bonds is 6. The summed E-state index contributed by atoms with van der Waals surface area (Å²) >= 11 is 0. The predicted molar refractivity (Wildman–Crippen MR) is 55.3 cm³/mol. The number of amides is 1. The predicted octanol–water partition coefficient (Wildman–Crippen LogP) is -0.384. The molecule has 0 unspecified atom stereocenters. The fourth-order valence-corrected chi connectivity index (χ4v) is 1.23. The zero-order valence-electron chi connectivity index (χ0n) is 8.41. The largest absolute Gasteiger partial charge is 0.305 e. The molecule has 0 spiro atoms. The molecule has 0 saturated carbocycles. The molecule has 0 radical (unpaired) electrons. The quantitative estimate of drug-likeness (QED) is 0.472. The second-order valence-corrected chi connectivity index (χ2v) is 5.28. The second-order valence-electron chi connectivity index (χ2n) is 3.04. The van der Waals surface area contributed by atoms with E-state index in [1.54, 1.807) is 6.08 Å². The van der Waals surface area contributed by atoms with Crippen LogP contribution in [0.2, 0.25) is 0 Å². The first-order valence-electron chi connectivity index (χ1n) is 4.26. The molecule has 0 atom stereocenters. The maximum atomic E-state index is 11.2. The summed E-state index contributed by atoms with van der Waals surface area (Å²) in [5.41, 5.74) is 0. The standard InChI is InChI=1S/C8H16N2O3S/c1-4-5-9-6-8(11)10-14(12,13)7(2)3/h4,7,9H,1,5-6H2,2-3H3,(H,10,11). The van der Waals surface area contributed by atoms with Gasteiger partial charge in [0.2, 0.25) is 15.9 Å². The van der Waals surface area contributed by atoms with Crippen molar-refractivity contribution in [2.24, 2.45) is 0 Å². The SMILES string of the molecule is C=CCNCC(=O)NS(=O)(=O)C(C)C. The van der Waals surface area contributed by atoms with Crippen LogP contribution in [0.3, 0.4) is 0 Å². The highest BCUT2D eigenvalue weighted by atomic mass is 32.2. The number of carbonyl (C=O) groups is 1. The van der Waals surface area contributed by atoms with Gasteiger partial charge in [-0.05, 0) is 13.8 Å². The van der Waals surface area contributed by atoms with Gasteiger partial charge in [-0.25, -0.2) is 8.42 Å². The van der Waals surface area contributed by atoms with Gasteiger partial charge in [-0.2, -0.15) is 0 Å². The molecule has 6 heteroatoms. The Hall–Kier alpha value is -0.880.